The molecule has 0 aliphatic carbocycles. The van der Waals surface area contributed by atoms with Gasteiger partial charge in [0.15, 0.2) is 5.82 Å². The fraction of sp³-hybridized carbons (Fsp3) is 0.333. The van der Waals surface area contributed by atoms with E-state index in [0.29, 0.717) is 19.0 Å². The highest BCUT2D eigenvalue weighted by molar-refractivity contribution is 5.85. The molecule has 0 bridgehead atoms. The molecule has 0 amide bonds. The van der Waals surface area contributed by atoms with Crippen LogP contribution >= 0.6 is 12.4 Å². The van der Waals surface area contributed by atoms with E-state index < -0.39 is 0 Å². The summed E-state index contributed by atoms with van der Waals surface area (Å²) in [5.74, 6) is 1.43. The second kappa shape index (κ2) is 11.5. The first-order chi connectivity index (χ1) is 12.8. The van der Waals surface area contributed by atoms with Gasteiger partial charge in [-0.3, -0.25) is 4.90 Å². The lowest BCUT2D eigenvalue weighted by molar-refractivity contribution is 0.233. The van der Waals surface area contributed by atoms with Crippen LogP contribution in [-0.2, 0) is 25.8 Å². The van der Waals surface area contributed by atoms with Crippen molar-refractivity contribution in [2.45, 2.75) is 25.8 Å². The number of aromatic nitrogens is 2. The van der Waals surface area contributed by atoms with Crippen molar-refractivity contribution in [1.29, 1.82) is 0 Å². The second-order valence-electron chi connectivity index (χ2n) is 6.39. The van der Waals surface area contributed by atoms with Gasteiger partial charge in [-0.25, -0.2) is 0 Å². The molecule has 0 unspecified atom stereocenters. The Morgan fingerprint density at radius 1 is 0.815 bits per heavy atom. The fourth-order valence-electron chi connectivity index (χ4n) is 2.93. The van der Waals surface area contributed by atoms with Crippen LogP contribution in [0.3, 0.4) is 0 Å². The maximum atomic E-state index is 5.76. The Morgan fingerprint density at radius 3 is 2.07 bits per heavy atom. The highest BCUT2D eigenvalue weighted by Crippen LogP contribution is 2.08. The molecule has 3 aromatic rings. The molecule has 0 radical (unpaired) electrons. The van der Waals surface area contributed by atoms with E-state index in [1.165, 1.54) is 11.1 Å². The summed E-state index contributed by atoms with van der Waals surface area (Å²) in [4.78, 5) is 6.81. The van der Waals surface area contributed by atoms with Crippen LogP contribution in [0.25, 0.3) is 0 Å². The lowest BCUT2D eigenvalue weighted by atomic mass is 10.1. The van der Waals surface area contributed by atoms with Gasteiger partial charge in [0.25, 0.3) is 0 Å². The van der Waals surface area contributed by atoms with E-state index in [4.69, 9.17) is 10.3 Å². The second-order valence-corrected chi connectivity index (χ2v) is 6.39. The number of rotatable bonds is 10. The Balaban J connectivity index is 0.00000261. The number of benzene rings is 2. The van der Waals surface area contributed by atoms with Gasteiger partial charge < -0.3 is 10.3 Å². The minimum absolute atomic E-state index is 0. The van der Waals surface area contributed by atoms with Crippen molar-refractivity contribution in [2.24, 2.45) is 5.73 Å². The van der Waals surface area contributed by atoms with Crippen molar-refractivity contribution < 1.29 is 4.52 Å². The van der Waals surface area contributed by atoms with Crippen LogP contribution in [0.15, 0.2) is 65.2 Å². The van der Waals surface area contributed by atoms with Crippen molar-refractivity contribution in [1.82, 2.24) is 15.0 Å². The summed E-state index contributed by atoms with van der Waals surface area (Å²) in [5, 5.41) is 4.12. The smallest absolute Gasteiger partial charge is 0.240 e. The molecular weight excluding hydrogens is 360 g/mol. The van der Waals surface area contributed by atoms with Crippen LogP contribution in [0.4, 0.5) is 0 Å². The highest BCUT2D eigenvalue weighted by Gasteiger charge is 2.12. The zero-order valence-corrected chi connectivity index (χ0v) is 16.3. The standard InChI is InChI=1S/C21H26N4O.ClH/c22-14-16-25(15-13-19-9-5-2-6-10-19)17-21-23-20(24-26-21)12-11-18-7-3-1-4-8-18;/h1-10H,11-17,22H2;1H. The Hall–Kier alpha value is -2.21. The molecule has 27 heavy (non-hydrogen) atoms. The van der Waals surface area contributed by atoms with E-state index in [-0.39, 0.29) is 12.4 Å². The summed E-state index contributed by atoms with van der Waals surface area (Å²) in [7, 11) is 0. The fourth-order valence-corrected chi connectivity index (χ4v) is 2.93. The number of aryl methyl sites for hydroxylation is 2. The van der Waals surface area contributed by atoms with Gasteiger partial charge in [-0.2, -0.15) is 4.98 Å². The van der Waals surface area contributed by atoms with E-state index in [2.05, 4.69) is 63.6 Å². The summed E-state index contributed by atoms with van der Waals surface area (Å²) >= 11 is 0. The van der Waals surface area contributed by atoms with E-state index >= 15 is 0 Å². The van der Waals surface area contributed by atoms with Crippen molar-refractivity contribution in [2.75, 3.05) is 19.6 Å². The maximum absolute atomic E-state index is 5.76. The molecule has 5 nitrogen and oxygen atoms in total. The summed E-state index contributed by atoms with van der Waals surface area (Å²) in [6.07, 6.45) is 2.69. The Labute approximate surface area is 167 Å². The Kier molecular flexibility index (Phi) is 8.98. The van der Waals surface area contributed by atoms with Crippen LogP contribution in [0, 0.1) is 0 Å². The summed E-state index contributed by atoms with van der Waals surface area (Å²) in [5.41, 5.74) is 8.37. The molecule has 0 spiro atoms. The summed E-state index contributed by atoms with van der Waals surface area (Å²) in [6.45, 7) is 2.99. The van der Waals surface area contributed by atoms with Crippen LogP contribution in [0.2, 0.25) is 0 Å². The molecule has 1 heterocycles. The Bertz CT molecular complexity index is 764. The van der Waals surface area contributed by atoms with Gasteiger partial charge in [-0.05, 0) is 24.0 Å². The maximum Gasteiger partial charge on any atom is 0.240 e. The molecule has 1 aromatic heterocycles. The third kappa shape index (κ3) is 7.13. The lowest BCUT2D eigenvalue weighted by Gasteiger charge is -2.19. The summed E-state index contributed by atoms with van der Waals surface area (Å²) in [6, 6.07) is 20.8. The molecule has 0 atom stereocenters. The van der Waals surface area contributed by atoms with E-state index in [0.717, 1.165) is 38.2 Å². The van der Waals surface area contributed by atoms with Gasteiger partial charge >= 0.3 is 0 Å². The van der Waals surface area contributed by atoms with Gasteiger partial charge in [0.05, 0.1) is 6.54 Å². The normalized spacial score (nSPS) is 10.7. The average Bonchev–Trinajstić information content (AvgIpc) is 3.14. The van der Waals surface area contributed by atoms with Crippen LogP contribution in [0.1, 0.15) is 22.8 Å². The number of hydrogen-bond donors (Lipinski definition) is 1. The molecule has 0 saturated carbocycles. The molecule has 144 valence electrons. The topological polar surface area (TPSA) is 68.2 Å². The third-order valence-electron chi connectivity index (χ3n) is 4.35. The van der Waals surface area contributed by atoms with Crippen molar-refractivity contribution in [3.8, 4) is 0 Å². The molecule has 6 heteroatoms. The zero-order chi connectivity index (χ0) is 18.0. The van der Waals surface area contributed by atoms with Crippen LogP contribution < -0.4 is 5.73 Å². The number of nitrogens with two attached hydrogens (primary N) is 1. The van der Waals surface area contributed by atoms with Crippen molar-refractivity contribution in [3.05, 3.63) is 83.5 Å². The van der Waals surface area contributed by atoms with Gasteiger partial charge in [0.2, 0.25) is 5.89 Å². The molecule has 2 N–H and O–H groups in total. The van der Waals surface area contributed by atoms with E-state index in [1.807, 2.05) is 12.1 Å². The molecular formula is C21H27ClN4O. The predicted octanol–water partition coefficient (Wildman–Crippen LogP) is 3.28. The molecule has 0 fully saturated rings. The highest BCUT2D eigenvalue weighted by atomic mass is 35.5. The van der Waals surface area contributed by atoms with E-state index in [9.17, 15) is 0 Å². The first-order valence-corrected chi connectivity index (χ1v) is 9.15. The molecule has 3 rings (SSSR count). The van der Waals surface area contributed by atoms with Crippen molar-refractivity contribution >= 4 is 12.4 Å². The van der Waals surface area contributed by atoms with Crippen molar-refractivity contribution in [3.63, 3.8) is 0 Å². The minimum Gasteiger partial charge on any atom is -0.338 e. The lowest BCUT2D eigenvalue weighted by Crippen LogP contribution is -2.31. The molecule has 0 saturated heterocycles. The SMILES string of the molecule is Cl.NCCN(CCc1ccccc1)Cc1nc(CCc2ccccc2)no1. The Morgan fingerprint density at radius 2 is 1.44 bits per heavy atom. The summed E-state index contributed by atoms with van der Waals surface area (Å²) < 4.78 is 5.44. The number of halogens is 1. The van der Waals surface area contributed by atoms with Crippen LogP contribution in [0.5, 0.6) is 0 Å². The monoisotopic (exact) mass is 386 g/mol. The first kappa shape index (κ1) is 21.1. The van der Waals surface area contributed by atoms with Gasteiger partial charge in [-0.1, -0.05) is 65.8 Å². The molecule has 0 aliphatic heterocycles. The van der Waals surface area contributed by atoms with Gasteiger partial charge in [0.1, 0.15) is 0 Å². The van der Waals surface area contributed by atoms with Gasteiger partial charge in [0, 0.05) is 26.1 Å². The minimum atomic E-state index is 0. The van der Waals surface area contributed by atoms with Gasteiger partial charge in [-0.15, -0.1) is 12.4 Å². The first-order valence-electron chi connectivity index (χ1n) is 9.15. The molecule has 0 aliphatic rings. The largest absolute Gasteiger partial charge is 0.338 e. The molecule has 2 aromatic carbocycles. The number of nitrogens with zero attached hydrogens (tertiary/aromatic N) is 3. The van der Waals surface area contributed by atoms with Crippen LogP contribution in [-0.4, -0.2) is 34.7 Å². The van der Waals surface area contributed by atoms with E-state index in [1.54, 1.807) is 0 Å². The zero-order valence-electron chi connectivity index (χ0n) is 15.5. The quantitative estimate of drug-likeness (QED) is 0.579. The average molecular weight is 387 g/mol. The number of hydrogen-bond acceptors (Lipinski definition) is 5. The third-order valence-corrected chi connectivity index (χ3v) is 4.35. The predicted molar refractivity (Wildman–Crippen MR) is 110 cm³/mol.